The van der Waals surface area contributed by atoms with Crippen molar-refractivity contribution in [2.24, 2.45) is 11.8 Å². The quantitative estimate of drug-likeness (QED) is 0.295. The highest BCUT2D eigenvalue weighted by molar-refractivity contribution is 5.88. The van der Waals surface area contributed by atoms with E-state index < -0.39 is 47.4 Å². The Kier molecular flexibility index (Phi) is 7.40. The van der Waals surface area contributed by atoms with Gasteiger partial charge in [-0.25, -0.2) is 4.79 Å². The lowest BCUT2D eigenvalue weighted by atomic mass is 9.50. The van der Waals surface area contributed by atoms with Gasteiger partial charge < -0.3 is 39.8 Å². The molecule has 5 atom stereocenters. The van der Waals surface area contributed by atoms with Gasteiger partial charge in [0.05, 0.1) is 23.4 Å². The first-order valence-electron chi connectivity index (χ1n) is 15.0. The van der Waals surface area contributed by atoms with E-state index in [4.69, 9.17) is 14.6 Å². The molecule has 5 aliphatic rings. The maximum absolute atomic E-state index is 13.2. The number of phenolic OH excluding ortho intramolecular Hbond substituents is 1. The summed E-state index contributed by atoms with van der Waals surface area (Å²) in [7, 11) is 1.51. The Morgan fingerprint density at radius 1 is 1.23 bits per heavy atom. The van der Waals surface area contributed by atoms with E-state index >= 15 is 0 Å². The lowest BCUT2D eigenvalue weighted by molar-refractivity contribution is -0.169. The van der Waals surface area contributed by atoms with Gasteiger partial charge >= 0.3 is 12.1 Å². The summed E-state index contributed by atoms with van der Waals surface area (Å²) in [6.07, 6.45) is 3.56. The molecule has 1 saturated heterocycles. The first-order chi connectivity index (χ1) is 20.4. The number of benzene rings is 1. The zero-order valence-electron chi connectivity index (χ0n) is 24.5. The van der Waals surface area contributed by atoms with Crippen molar-refractivity contribution < 1.29 is 44.0 Å². The van der Waals surface area contributed by atoms with Crippen LogP contribution in [0.5, 0.6) is 11.5 Å². The number of carboxylic acid groups (broad SMARTS) is 1. The summed E-state index contributed by atoms with van der Waals surface area (Å²) in [5.74, 6) is -1.74. The molecule has 2 amide bonds. The molecular weight excluding hydrogens is 558 g/mol. The number of nitrogens with one attached hydrogen (secondary N) is 1. The predicted molar refractivity (Wildman–Crippen MR) is 151 cm³/mol. The SMILES string of the molecule is CC(=O)C[C@H](CC(=O)O)C(=O)NCCN(C)C(=O)OC1=CC[C@@]2(O)[C@H]3Cc4ccc(O)c5c4[C@@]2(CCN3CC2CC2)[C@H]1O5. The summed E-state index contributed by atoms with van der Waals surface area (Å²) in [6, 6.07) is 3.42. The molecule has 232 valence electrons. The number of rotatable bonds is 11. The largest absolute Gasteiger partial charge is 0.504 e. The Morgan fingerprint density at radius 3 is 2.70 bits per heavy atom. The number of aromatic hydroxyl groups is 1. The van der Waals surface area contributed by atoms with E-state index in [0.29, 0.717) is 24.5 Å². The minimum absolute atomic E-state index is 0.00625. The molecule has 2 fully saturated rings. The number of amides is 2. The highest BCUT2D eigenvalue weighted by atomic mass is 16.6. The Balaban J connectivity index is 1.17. The van der Waals surface area contributed by atoms with E-state index in [0.717, 1.165) is 24.2 Å². The molecule has 43 heavy (non-hydrogen) atoms. The highest BCUT2D eigenvalue weighted by Crippen LogP contribution is 2.65. The van der Waals surface area contributed by atoms with Crippen LogP contribution >= 0.6 is 0 Å². The van der Waals surface area contributed by atoms with Crippen LogP contribution in [0.25, 0.3) is 0 Å². The van der Waals surface area contributed by atoms with Crippen molar-refractivity contribution in [3.05, 3.63) is 35.1 Å². The molecule has 2 heterocycles. The van der Waals surface area contributed by atoms with Gasteiger partial charge in [-0.05, 0) is 62.8 Å². The fourth-order valence-corrected chi connectivity index (χ4v) is 7.74. The van der Waals surface area contributed by atoms with Gasteiger partial charge in [0, 0.05) is 51.1 Å². The van der Waals surface area contributed by atoms with Crippen LogP contribution in [0, 0.1) is 11.8 Å². The summed E-state index contributed by atoms with van der Waals surface area (Å²) < 4.78 is 12.2. The van der Waals surface area contributed by atoms with Crippen LogP contribution < -0.4 is 10.1 Å². The number of likely N-dealkylation sites (N-methyl/N-ethyl adjacent to an activating group) is 1. The summed E-state index contributed by atoms with van der Waals surface area (Å²) in [4.78, 5) is 51.9. The van der Waals surface area contributed by atoms with Crippen molar-refractivity contribution >= 4 is 23.8 Å². The standard InChI is InChI=1S/C31H39N3O9/c1-17(35)13-20(15-24(37)38)28(39)32-10-12-33(2)29(40)42-22-7-8-31(41)23-14-19-5-6-21(36)26-25(19)30(31,27(22)43-26)9-11-34(23)16-18-3-4-18/h5-7,18,20,23,27,36,41H,3-4,8-16H2,1-2H3,(H,32,39)(H,37,38)/t20-,23-,27+,30+,31-/m1/s1. The third-order valence-corrected chi connectivity index (χ3v) is 9.98. The van der Waals surface area contributed by atoms with E-state index in [9.17, 15) is 29.4 Å². The number of likely N-dealkylation sites (tertiary alicyclic amines) is 1. The van der Waals surface area contributed by atoms with E-state index in [1.54, 1.807) is 12.1 Å². The molecule has 2 aliphatic heterocycles. The second kappa shape index (κ2) is 10.8. The number of carbonyl (C=O) groups is 4. The molecule has 1 saturated carbocycles. The highest BCUT2D eigenvalue weighted by Gasteiger charge is 2.72. The second-order valence-electron chi connectivity index (χ2n) is 12.8. The number of nitrogens with zero attached hydrogens (tertiary/aromatic N) is 2. The van der Waals surface area contributed by atoms with Crippen molar-refractivity contribution in [1.82, 2.24) is 15.1 Å². The number of piperidine rings is 1. The van der Waals surface area contributed by atoms with Crippen molar-refractivity contribution in [2.75, 3.05) is 33.2 Å². The number of hydrogen-bond acceptors (Lipinski definition) is 9. The van der Waals surface area contributed by atoms with Gasteiger partial charge in [0.2, 0.25) is 5.91 Å². The molecule has 12 nitrogen and oxygen atoms in total. The monoisotopic (exact) mass is 597 g/mol. The molecule has 1 aromatic carbocycles. The van der Waals surface area contributed by atoms with Gasteiger partial charge in [-0.1, -0.05) is 6.07 Å². The number of ketones is 1. The first-order valence-corrected chi connectivity index (χ1v) is 15.0. The lowest BCUT2D eigenvalue weighted by Crippen LogP contribution is -2.75. The van der Waals surface area contributed by atoms with Gasteiger partial charge in [0.15, 0.2) is 17.6 Å². The maximum Gasteiger partial charge on any atom is 0.414 e. The van der Waals surface area contributed by atoms with Crippen LogP contribution in [0.1, 0.15) is 56.6 Å². The fraction of sp³-hybridized carbons (Fsp3) is 0.613. The van der Waals surface area contributed by atoms with Crippen LogP contribution in [0.2, 0.25) is 0 Å². The third-order valence-electron chi connectivity index (χ3n) is 9.98. The van der Waals surface area contributed by atoms with Gasteiger partial charge in [-0.3, -0.25) is 14.5 Å². The van der Waals surface area contributed by atoms with Crippen LogP contribution in [0.4, 0.5) is 4.79 Å². The maximum atomic E-state index is 13.2. The summed E-state index contributed by atoms with van der Waals surface area (Å²) in [6.45, 7) is 3.12. The molecule has 0 radical (unpaired) electrons. The molecule has 2 bridgehead atoms. The number of carbonyl (C=O) groups excluding carboxylic acids is 3. The summed E-state index contributed by atoms with van der Waals surface area (Å²) in [5.41, 5.74) is -0.167. The van der Waals surface area contributed by atoms with E-state index in [1.807, 2.05) is 6.07 Å². The second-order valence-corrected chi connectivity index (χ2v) is 12.8. The van der Waals surface area contributed by atoms with Crippen molar-refractivity contribution in [3.63, 3.8) is 0 Å². The lowest BCUT2D eigenvalue weighted by Gasteiger charge is -2.62. The van der Waals surface area contributed by atoms with Gasteiger partial charge in [0.1, 0.15) is 11.5 Å². The minimum Gasteiger partial charge on any atom is -0.504 e. The Labute approximate surface area is 249 Å². The average Bonchev–Trinajstić information content (AvgIpc) is 3.68. The number of hydrogen-bond donors (Lipinski definition) is 4. The summed E-state index contributed by atoms with van der Waals surface area (Å²) >= 11 is 0. The molecule has 6 rings (SSSR count). The van der Waals surface area contributed by atoms with E-state index in [2.05, 4.69) is 10.2 Å². The number of Topliss-reactive ketones (excluding diaryl/α,β-unsaturated/α-hetero) is 1. The van der Waals surface area contributed by atoms with Crippen molar-refractivity contribution in [1.29, 1.82) is 0 Å². The molecule has 0 aromatic heterocycles. The molecule has 3 aliphatic carbocycles. The van der Waals surface area contributed by atoms with Crippen LogP contribution in [-0.4, -0.2) is 99.8 Å². The Hall–Kier alpha value is -3.64. The van der Waals surface area contributed by atoms with Gasteiger partial charge in [-0.2, -0.15) is 0 Å². The molecule has 4 N–H and O–H groups in total. The van der Waals surface area contributed by atoms with Gasteiger partial charge in [0.25, 0.3) is 0 Å². The van der Waals surface area contributed by atoms with Crippen LogP contribution in [-0.2, 0) is 31.0 Å². The number of aliphatic hydroxyl groups is 1. The predicted octanol–water partition coefficient (Wildman–Crippen LogP) is 1.70. The first kappa shape index (κ1) is 29.4. The number of carboxylic acids is 1. The van der Waals surface area contributed by atoms with Gasteiger partial charge in [-0.15, -0.1) is 0 Å². The zero-order valence-corrected chi connectivity index (χ0v) is 24.5. The number of aliphatic carboxylic acids is 1. The molecular formula is C31H39N3O9. The topological polar surface area (TPSA) is 166 Å². The van der Waals surface area contributed by atoms with Crippen LogP contribution in [0.15, 0.2) is 24.0 Å². The summed E-state index contributed by atoms with van der Waals surface area (Å²) in [5, 5.41) is 34.9. The van der Waals surface area contributed by atoms with E-state index in [1.165, 1.54) is 31.7 Å². The molecule has 12 heteroatoms. The van der Waals surface area contributed by atoms with Crippen molar-refractivity contribution in [3.8, 4) is 11.5 Å². The average molecular weight is 598 g/mol. The molecule has 1 aromatic rings. The van der Waals surface area contributed by atoms with E-state index in [-0.39, 0.29) is 49.3 Å². The van der Waals surface area contributed by atoms with Crippen molar-refractivity contribution in [2.45, 2.75) is 75.0 Å². The zero-order chi connectivity index (χ0) is 30.7. The Bertz CT molecular complexity index is 1370. The molecule has 0 unspecified atom stereocenters. The normalized spacial score (nSPS) is 29.0. The number of phenols is 1. The molecule has 1 spiro atoms. The fourth-order valence-electron chi connectivity index (χ4n) is 7.74. The smallest absolute Gasteiger partial charge is 0.414 e. The number of ether oxygens (including phenoxy) is 2. The third kappa shape index (κ3) is 4.94. The van der Waals surface area contributed by atoms with Crippen LogP contribution in [0.3, 0.4) is 0 Å². The Morgan fingerprint density at radius 2 is 2.00 bits per heavy atom. The minimum atomic E-state index is -1.18.